The summed E-state index contributed by atoms with van der Waals surface area (Å²) in [6.07, 6.45) is 10.2. The van der Waals surface area contributed by atoms with Crippen LogP contribution in [0.4, 0.5) is 5.69 Å². The van der Waals surface area contributed by atoms with Gasteiger partial charge in [0, 0.05) is 22.7 Å². The number of likely N-dealkylation sites (tertiary alicyclic amines) is 1. The smallest absolute Gasteiger partial charge is 0.155 e. The number of carbonyl (C=O) groups excluding carboxylic acids is 1. The number of nitrogens with zero attached hydrogens (tertiary/aromatic N) is 1. The van der Waals surface area contributed by atoms with Gasteiger partial charge in [-0.25, -0.2) is 0 Å². The van der Waals surface area contributed by atoms with Crippen molar-refractivity contribution in [3.05, 3.63) is 64.7 Å². The highest BCUT2D eigenvalue weighted by Crippen LogP contribution is 2.35. The van der Waals surface area contributed by atoms with Gasteiger partial charge >= 0.3 is 0 Å². The molecular formula is C28H35ClN2O. The molecule has 2 unspecified atom stereocenters. The number of rotatable bonds is 5. The first-order chi connectivity index (χ1) is 15.7. The predicted molar refractivity (Wildman–Crippen MR) is 133 cm³/mol. The highest BCUT2D eigenvalue weighted by Gasteiger charge is 2.40. The topological polar surface area (TPSA) is 32.3 Å². The van der Waals surface area contributed by atoms with E-state index in [9.17, 15) is 4.79 Å². The van der Waals surface area contributed by atoms with E-state index in [0.717, 1.165) is 56.6 Å². The molecule has 1 aliphatic carbocycles. The SMILES string of the molecule is O=C(C1CCCCC1)C(C1CCc2ccccc2N1)N1CCC(c2cccc(Cl)c2)CC1. The van der Waals surface area contributed by atoms with Gasteiger partial charge in [-0.05, 0) is 86.9 Å². The van der Waals surface area contributed by atoms with E-state index in [1.807, 2.05) is 6.07 Å². The molecule has 0 bridgehead atoms. The third kappa shape index (κ3) is 4.75. The number of aryl methyl sites for hydroxylation is 1. The number of piperidine rings is 1. The standard InChI is InChI=1S/C28H35ClN2O/c29-24-11-6-10-23(19-24)20-15-17-31(18-16-20)27(28(32)22-8-2-1-3-9-22)26-14-13-21-7-4-5-12-25(21)30-26/h4-7,10-12,19-20,22,26-27,30H,1-3,8-9,13-18H2. The zero-order valence-electron chi connectivity index (χ0n) is 18.9. The molecule has 170 valence electrons. The molecule has 4 heteroatoms. The van der Waals surface area contributed by atoms with Gasteiger partial charge in [0.1, 0.15) is 0 Å². The lowest BCUT2D eigenvalue weighted by Gasteiger charge is -2.43. The monoisotopic (exact) mass is 450 g/mol. The molecule has 1 saturated carbocycles. The first-order valence-corrected chi connectivity index (χ1v) is 12.9. The first-order valence-electron chi connectivity index (χ1n) is 12.6. The minimum atomic E-state index is -0.00762. The second-order valence-corrected chi connectivity index (χ2v) is 10.4. The number of benzene rings is 2. The minimum Gasteiger partial charge on any atom is -0.380 e. The van der Waals surface area contributed by atoms with Crippen LogP contribution in [0.3, 0.4) is 0 Å². The molecule has 0 amide bonds. The largest absolute Gasteiger partial charge is 0.380 e. The Balaban J connectivity index is 1.34. The van der Waals surface area contributed by atoms with Crippen LogP contribution in [0.1, 0.15) is 68.4 Å². The van der Waals surface area contributed by atoms with Crippen molar-refractivity contribution in [2.45, 2.75) is 75.8 Å². The maximum absolute atomic E-state index is 13.9. The number of para-hydroxylation sites is 1. The molecule has 2 aliphatic heterocycles. The summed E-state index contributed by atoms with van der Waals surface area (Å²) < 4.78 is 0. The Morgan fingerprint density at radius 1 is 0.938 bits per heavy atom. The van der Waals surface area contributed by atoms with Gasteiger partial charge in [0.15, 0.2) is 5.78 Å². The maximum atomic E-state index is 13.9. The summed E-state index contributed by atoms with van der Waals surface area (Å²) in [6.45, 7) is 1.97. The van der Waals surface area contributed by atoms with Crippen molar-refractivity contribution in [1.29, 1.82) is 0 Å². The molecular weight excluding hydrogens is 416 g/mol. The van der Waals surface area contributed by atoms with E-state index in [1.54, 1.807) is 0 Å². The third-order valence-electron chi connectivity index (χ3n) is 8.01. The van der Waals surface area contributed by atoms with Crippen molar-refractivity contribution < 1.29 is 4.79 Å². The molecule has 2 fully saturated rings. The minimum absolute atomic E-state index is 0.00762. The van der Waals surface area contributed by atoms with Crippen LogP contribution in [0, 0.1) is 5.92 Å². The van der Waals surface area contributed by atoms with Gasteiger partial charge in [-0.2, -0.15) is 0 Å². The van der Waals surface area contributed by atoms with E-state index in [-0.39, 0.29) is 18.0 Å². The van der Waals surface area contributed by atoms with Gasteiger partial charge in [0.2, 0.25) is 0 Å². The predicted octanol–water partition coefficient (Wildman–Crippen LogP) is 6.46. The van der Waals surface area contributed by atoms with E-state index < -0.39 is 0 Å². The van der Waals surface area contributed by atoms with Gasteiger partial charge in [0.05, 0.1) is 6.04 Å². The van der Waals surface area contributed by atoms with E-state index >= 15 is 0 Å². The third-order valence-corrected chi connectivity index (χ3v) is 8.24. The van der Waals surface area contributed by atoms with Crippen LogP contribution in [0.2, 0.25) is 5.02 Å². The quantitative estimate of drug-likeness (QED) is 0.566. The summed E-state index contributed by atoms with van der Waals surface area (Å²) in [6, 6.07) is 17.1. The Morgan fingerprint density at radius 2 is 1.72 bits per heavy atom. The molecule has 2 heterocycles. The molecule has 3 aliphatic rings. The molecule has 5 rings (SSSR count). The van der Waals surface area contributed by atoms with Crippen LogP contribution in [-0.4, -0.2) is 35.9 Å². The van der Waals surface area contributed by atoms with E-state index in [0.29, 0.717) is 11.7 Å². The van der Waals surface area contributed by atoms with Crippen molar-refractivity contribution in [3.63, 3.8) is 0 Å². The second-order valence-electron chi connectivity index (χ2n) is 9.99. The lowest BCUT2D eigenvalue weighted by Crippen LogP contribution is -2.56. The number of fused-ring (bicyclic) bond motifs is 1. The number of halogens is 1. The fraction of sp³-hybridized carbons (Fsp3) is 0.536. The molecule has 2 aromatic carbocycles. The Hall–Kier alpha value is -1.84. The summed E-state index contributed by atoms with van der Waals surface area (Å²) in [5.41, 5.74) is 3.95. The Labute approximate surface area is 197 Å². The van der Waals surface area contributed by atoms with Gasteiger partial charge in [0.25, 0.3) is 0 Å². The lowest BCUT2D eigenvalue weighted by molar-refractivity contribution is -0.130. The number of carbonyl (C=O) groups is 1. The summed E-state index contributed by atoms with van der Waals surface area (Å²) in [5.74, 6) is 1.29. The first kappa shape index (κ1) is 22.0. The van der Waals surface area contributed by atoms with Gasteiger partial charge in [-0.15, -0.1) is 0 Å². The van der Waals surface area contributed by atoms with Crippen molar-refractivity contribution in [2.75, 3.05) is 18.4 Å². The van der Waals surface area contributed by atoms with Crippen LogP contribution < -0.4 is 5.32 Å². The molecule has 1 saturated heterocycles. The van der Waals surface area contributed by atoms with Crippen molar-refractivity contribution in [2.24, 2.45) is 5.92 Å². The number of anilines is 1. The number of hydrogen-bond donors (Lipinski definition) is 1. The molecule has 0 spiro atoms. The number of hydrogen-bond acceptors (Lipinski definition) is 3. The number of ketones is 1. The number of Topliss-reactive ketones (excluding diaryl/α,β-unsaturated/α-hetero) is 1. The van der Waals surface area contributed by atoms with Crippen molar-refractivity contribution in [1.82, 2.24) is 4.90 Å². The molecule has 0 radical (unpaired) electrons. The Bertz CT molecular complexity index is 931. The van der Waals surface area contributed by atoms with Gasteiger partial charge in [-0.1, -0.05) is 61.2 Å². The molecule has 32 heavy (non-hydrogen) atoms. The maximum Gasteiger partial charge on any atom is 0.155 e. The van der Waals surface area contributed by atoms with Gasteiger partial charge in [-0.3, -0.25) is 9.69 Å². The zero-order chi connectivity index (χ0) is 21.9. The van der Waals surface area contributed by atoms with E-state index in [1.165, 1.54) is 36.1 Å². The fourth-order valence-corrected chi connectivity index (χ4v) is 6.43. The molecule has 1 N–H and O–H groups in total. The van der Waals surface area contributed by atoms with Crippen LogP contribution in [0.5, 0.6) is 0 Å². The van der Waals surface area contributed by atoms with E-state index in [4.69, 9.17) is 11.6 Å². The summed E-state index contributed by atoms with van der Waals surface area (Å²) in [7, 11) is 0. The molecule has 0 aromatic heterocycles. The zero-order valence-corrected chi connectivity index (χ0v) is 19.7. The highest BCUT2D eigenvalue weighted by atomic mass is 35.5. The molecule has 2 atom stereocenters. The van der Waals surface area contributed by atoms with Crippen molar-refractivity contribution in [3.8, 4) is 0 Å². The second kappa shape index (κ2) is 9.97. The summed E-state index contributed by atoms with van der Waals surface area (Å²) >= 11 is 6.25. The van der Waals surface area contributed by atoms with Gasteiger partial charge < -0.3 is 5.32 Å². The average molecular weight is 451 g/mol. The molecule has 3 nitrogen and oxygen atoms in total. The van der Waals surface area contributed by atoms with Crippen molar-refractivity contribution >= 4 is 23.1 Å². The van der Waals surface area contributed by atoms with E-state index in [2.05, 4.69) is 52.7 Å². The lowest BCUT2D eigenvalue weighted by atomic mass is 9.79. The average Bonchev–Trinajstić information content (AvgIpc) is 2.85. The van der Waals surface area contributed by atoms with Crippen LogP contribution in [0.15, 0.2) is 48.5 Å². The normalized spacial score (nSPS) is 23.8. The Kier molecular flexibility index (Phi) is 6.85. The highest BCUT2D eigenvalue weighted by molar-refractivity contribution is 6.30. The Morgan fingerprint density at radius 3 is 2.50 bits per heavy atom. The summed E-state index contributed by atoms with van der Waals surface area (Å²) in [4.78, 5) is 16.4. The number of nitrogens with one attached hydrogen (secondary N) is 1. The fourth-order valence-electron chi connectivity index (χ4n) is 6.23. The van der Waals surface area contributed by atoms with Crippen LogP contribution in [-0.2, 0) is 11.2 Å². The summed E-state index contributed by atoms with van der Waals surface area (Å²) in [5, 5.41) is 4.60. The van der Waals surface area contributed by atoms with Crippen LogP contribution in [0.25, 0.3) is 0 Å². The molecule has 2 aromatic rings. The van der Waals surface area contributed by atoms with Crippen LogP contribution >= 0.6 is 11.6 Å².